The number of H-pyrrole nitrogens is 1. The van der Waals surface area contributed by atoms with Crippen LogP contribution in [0.5, 0.6) is 0 Å². The van der Waals surface area contributed by atoms with E-state index < -0.39 is 0 Å². The van der Waals surface area contributed by atoms with E-state index in [0.29, 0.717) is 17.0 Å². The summed E-state index contributed by atoms with van der Waals surface area (Å²) in [6, 6.07) is 25.9. The van der Waals surface area contributed by atoms with Gasteiger partial charge in [0.2, 0.25) is 0 Å². The maximum absolute atomic E-state index is 11.8. The van der Waals surface area contributed by atoms with Crippen LogP contribution in [0.4, 0.5) is 11.5 Å². The lowest BCUT2D eigenvalue weighted by molar-refractivity contribution is 0.101. The first kappa shape index (κ1) is 18.7. The number of carbonyl (C=O) groups excluding carboxylic acids is 1. The predicted molar refractivity (Wildman–Crippen MR) is 122 cm³/mol. The quantitative estimate of drug-likeness (QED) is 0.370. The minimum Gasteiger partial charge on any atom is -0.339 e. The minimum absolute atomic E-state index is 0.0128. The first-order chi connectivity index (χ1) is 15.2. The molecule has 6 nitrogen and oxygen atoms in total. The smallest absolute Gasteiger partial charge is 0.186 e. The number of anilines is 2. The van der Waals surface area contributed by atoms with E-state index in [4.69, 9.17) is 0 Å². The zero-order valence-corrected chi connectivity index (χ0v) is 16.8. The molecule has 31 heavy (non-hydrogen) atoms. The molecule has 0 bridgehead atoms. The first-order valence-electron chi connectivity index (χ1n) is 9.92. The van der Waals surface area contributed by atoms with Crippen molar-refractivity contribution in [2.45, 2.75) is 6.92 Å². The zero-order valence-electron chi connectivity index (χ0n) is 16.8. The Hall–Kier alpha value is -4.32. The molecule has 0 amide bonds. The average Bonchev–Trinajstić information content (AvgIpc) is 3.26. The van der Waals surface area contributed by atoms with E-state index >= 15 is 0 Å². The van der Waals surface area contributed by atoms with Crippen LogP contribution in [0.2, 0.25) is 0 Å². The van der Waals surface area contributed by atoms with E-state index in [1.807, 2.05) is 48.5 Å². The van der Waals surface area contributed by atoms with E-state index in [-0.39, 0.29) is 5.78 Å². The topological polar surface area (TPSA) is 83.6 Å². The largest absolute Gasteiger partial charge is 0.339 e. The fraction of sp³-hybridized carbons (Fsp3) is 0.0400. The highest BCUT2D eigenvalue weighted by molar-refractivity contribution is 6.01. The van der Waals surface area contributed by atoms with Crippen LogP contribution in [-0.4, -0.2) is 25.9 Å². The van der Waals surface area contributed by atoms with Gasteiger partial charge in [-0.25, -0.2) is 9.97 Å². The number of aromatic nitrogens is 4. The standard InChI is InChI=1S/C25H19N5O/c1-16(31)19-8-5-9-20(14-19)23-22-24(26-15-27-25(22)30-29-23)28-21-12-10-18(11-13-21)17-6-3-2-4-7-17/h2-15H,1H3,(H2,26,27,28,29,30). The molecule has 2 heterocycles. The fourth-order valence-corrected chi connectivity index (χ4v) is 3.57. The summed E-state index contributed by atoms with van der Waals surface area (Å²) in [5, 5.41) is 11.5. The molecule has 0 aliphatic heterocycles. The van der Waals surface area contributed by atoms with Crippen LogP contribution >= 0.6 is 0 Å². The van der Waals surface area contributed by atoms with Gasteiger partial charge in [-0.3, -0.25) is 9.89 Å². The molecular formula is C25H19N5O. The molecule has 0 saturated carbocycles. The van der Waals surface area contributed by atoms with Crippen molar-refractivity contribution in [3.8, 4) is 22.4 Å². The van der Waals surface area contributed by atoms with Crippen LogP contribution in [0.3, 0.4) is 0 Å². The lowest BCUT2D eigenvalue weighted by Crippen LogP contribution is -1.96. The molecule has 2 aromatic heterocycles. The number of hydrogen-bond donors (Lipinski definition) is 2. The van der Waals surface area contributed by atoms with E-state index in [1.165, 1.54) is 11.9 Å². The number of Topliss-reactive ketones (excluding diaryl/α,β-unsaturated/α-hetero) is 1. The van der Waals surface area contributed by atoms with Crippen LogP contribution in [0.25, 0.3) is 33.4 Å². The second kappa shape index (κ2) is 7.84. The maximum Gasteiger partial charge on any atom is 0.186 e. The van der Waals surface area contributed by atoms with Crippen molar-refractivity contribution in [3.05, 3.63) is 90.8 Å². The van der Waals surface area contributed by atoms with Crippen molar-refractivity contribution in [1.82, 2.24) is 20.2 Å². The van der Waals surface area contributed by atoms with Crippen molar-refractivity contribution >= 4 is 28.3 Å². The summed E-state index contributed by atoms with van der Waals surface area (Å²) in [6.07, 6.45) is 1.49. The number of rotatable bonds is 5. The molecule has 0 spiro atoms. The Kier molecular flexibility index (Phi) is 4.72. The number of ketones is 1. The monoisotopic (exact) mass is 405 g/mol. The Bertz CT molecular complexity index is 1370. The molecule has 150 valence electrons. The van der Waals surface area contributed by atoms with Crippen molar-refractivity contribution < 1.29 is 4.79 Å². The summed E-state index contributed by atoms with van der Waals surface area (Å²) in [5.74, 6) is 0.660. The summed E-state index contributed by atoms with van der Waals surface area (Å²) in [5.41, 5.74) is 6.04. The third kappa shape index (κ3) is 3.67. The van der Waals surface area contributed by atoms with Crippen LogP contribution in [0.1, 0.15) is 17.3 Å². The van der Waals surface area contributed by atoms with Gasteiger partial charge in [0.25, 0.3) is 0 Å². The molecule has 0 radical (unpaired) electrons. The molecule has 5 aromatic rings. The molecule has 2 N–H and O–H groups in total. The van der Waals surface area contributed by atoms with Crippen LogP contribution in [0, 0.1) is 0 Å². The highest BCUT2D eigenvalue weighted by atomic mass is 16.1. The van der Waals surface area contributed by atoms with Gasteiger partial charge in [-0.15, -0.1) is 0 Å². The fourth-order valence-electron chi connectivity index (χ4n) is 3.57. The molecule has 0 aliphatic carbocycles. The Morgan fingerprint density at radius 1 is 0.839 bits per heavy atom. The Morgan fingerprint density at radius 3 is 2.35 bits per heavy atom. The molecule has 0 aliphatic rings. The Balaban J connectivity index is 1.52. The zero-order chi connectivity index (χ0) is 21.2. The molecular weight excluding hydrogens is 386 g/mol. The SMILES string of the molecule is CC(=O)c1cccc(-c2[nH]nc3ncnc(Nc4ccc(-c5ccccc5)cc4)c23)c1. The van der Waals surface area contributed by atoms with Gasteiger partial charge in [-0.1, -0.05) is 60.7 Å². The van der Waals surface area contributed by atoms with Gasteiger partial charge >= 0.3 is 0 Å². The first-order valence-corrected chi connectivity index (χ1v) is 9.92. The summed E-state index contributed by atoms with van der Waals surface area (Å²) in [6.45, 7) is 1.55. The molecule has 0 saturated heterocycles. The van der Waals surface area contributed by atoms with Crippen molar-refractivity contribution in [3.63, 3.8) is 0 Å². The van der Waals surface area contributed by atoms with Gasteiger partial charge < -0.3 is 5.32 Å². The van der Waals surface area contributed by atoms with Gasteiger partial charge in [0.05, 0.1) is 11.1 Å². The van der Waals surface area contributed by atoms with E-state index in [1.54, 1.807) is 13.0 Å². The number of hydrogen-bond acceptors (Lipinski definition) is 5. The molecule has 6 heteroatoms. The van der Waals surface area contributed by atoms with Crippen molar-refractivity contribution in [2.75, 3.05) is 5.32 Å². The summed E-state index contributed by atoms with van der Waals surface area (Å²) < 4.78 is 0. The predicted octanol–water partition coefficient (Wildman–Crippen LogP) is 5.63. The molecule has 0 fully saturated rings. The summed E-state index contributed by atoms with van der Waals surface area (Å²) in [4.78, 5) is 20.5. The van der Waals surface area contributed by atoms with Gasteiger partial charge in [0.15, 0.2) is 11.4 Å². The minimum atomic E-state index is 0.0128. The molecule has 0 atom stereocenters. The van der Waals surface area contributed by atoms with Crippen molar-refractivity contribution in [2.24, 2.45) is 0 Å². The van der Waals surface area contributed by atoms with Crippen LogP contribution < -0.4 is 5.32 Å². The number of nitrogens with one attached hydrogen (secondary N) is 2. The van der Waals surface area contributed by atoms with Gasteiger partial charge in [0, 0.05) is 16.8 Å². The van der Waals surface area contributed by atoms with Gasteiger partial charge in [-0.05, 0) is 36.2 Å². The number of nitrogens with zero attached hydrogens (tertiary/aromatic N) is 3. The van der Waals surface area contributed by atoms with Gasteiger partial charge in [-0.2, -0.15) is 5.10 Å². The molecule has 5 rings (SSSR count). The Labute approximate surface area is 179 Å². The normalized spacial score (nSPS) is 10.9. The van der Waals surface area contributed by atoms with Gasteiger partial charge in [0.1, 0.15) is 12.1 Å². The van der Waals surface area contributed by atoms with Crippen molar-refractivity contribution in [1.29, 1.82) is 0 Å². The number of fused-ring (bicyclic) bond motifs is 1. The summed E-state index contributed by atoms with van der Waals surface area (Å²) in [7, 11) is 0. The highest BCUT2D eigenvalue weighted by Crippen LogP contribution is 2.32. The highest BCUT2D eigenvalue weighted by Gasteiger charge is 2.15. The molecule has 0 unspecified atom stereocenters. The number of aromatic amines is 1. The third-order valence-corrected chi connectivity index (χ3v) is 5.16. The lowest BCUT2D eigenvalue weighted by Gasteiger charge is -2.09. The lowest BCUT2D eigenvalue weighted by atomic mass is 10.0. The van der Waals surface area contributed by atoms with E-state index in [2.05, 4.69) is 49.7 Å². The van der Waals surface area contributed by atoms with E-state index in [9.17, 15) is 4.79 Å². The second-order valence-electron chi connectivity index (χ2n) is 7.22. The van der Waals surface area contributed by atoms with E-state index in [0.717, 1.165) is 27.9 Å². The van der Waals surface area contributed by atoms with Crippen LogP contribution in [-0.2, 0) is 0 Å². The maximum atomic E-state index is 11.8. The number of benzene rings is 3. The molecule has 3 aromatic carbocycles. The summed E-state index contributed by atoms with van der Waals surface area (Å²) >= 11 is 0. The number of carbonyl (C=O) groups is 1. The average molecular weight is 405 g/mol. The second-order valence-corrected chi connectivity index (χ2v) is 7.22. The van der Waals surface area contributed by atoms with Crippen LogP contribution in [0.15, 0.2) is 85.2 Å². The third-order valence-electron chi connectivity index (χ3n) is 5.16. The Morgan fingerprint density at radius 2 is 1.58 bits per heavy atom.